The fraction of sp³-hybridized carbons (Fsp3) is 0.480. The van der Waals surface area contributed by atoms with E-state index in [9.17, 15) is 4.79 Å². The molecular formula is C25H34N2O2. The summed E-state index contributed by atoms with van der Waals surface area (Å²) in [5.41, 5.74) is 3.45. The second-order valence-electron chi connectivity index (χ2n) is 8.52. The number of rotatable bonds is 8. The van der Waals surface area contributed by atoms with E-state index in [0.29, 0.717) is 19.0 Å². The van der Waals surface area contributed by atoms with E-state index in [4.69, 9.17) is 4.74 Å². The predicted octanol–water partition coefficient (Wildman–Crippen LogP) is 4.45. The van der Waals surface area contributed by atoms with Gasteiger partial charge in [0.25, 0.3) is 0 Å². The lowest BCUT2D eigenvalue weighted by atomic mass is 10.1. The van der Waals surface area contributed by atoms with Crippen LogP contribution in [0.2, 0.25) is 0 Å². The van der Waals surface area contributed by atoms with Gasteiger partial charge in [0.05, 0.1) is 12.5 Å². The van der Waals surface area contributed by atoms with Gasteiger partial charge in [-0.15, -0.1) is 0 Å². The van der Waals surface area contributed by atoms with Crippen LogP contribution in [0.4, 0.5) is 0 Å². The first-order valence-corrected chi connectivity index (χ1v) is 10.7. The second kappa shape index (κ2) is 9.93. The fourth-order valence-corrected chi connectivity index (χ4v) is 3.88. The molecule has 0 radical (unpaired) electrons. The maximum atomic E-state index is 13.2. The molecule has 2 aromatic rings. The maximum absolute atomic E-state index is 13.2. The van der Waals surface area contributed by atoms with E-state index < -0.39 is 0 Å². The fourth-order valence-electron chi connectivity index (χ4n) is 3.88. The molecule has 1 fully saturated rings. The quantitative estimate of drug-likeness (QED) is 0.663. The van der Waals surface area contributed by atoms with Crippen molar-refractivity contribution in [2.75, 3.05) is 20.1 Å². The molecule has 3 rings (SSSR count). The lowest BCUT2D eigenvalue weighted by Gasteiger charge is -2.29. The van der Waals surface area contributed by atoms with Gasteiger partial charge >= 0.3 is 0 Å². The Hall–Kier alpha value is -2.33. The Morgan fingerprint density at radius 2 is 1.76 bits per heavy atom. The monoisotopic (exact) mass is 394 g/mol. The molecule has 0 saturated carbocycles. The molecule has 29 heavy (non-hydrogen) atoms. The molecule has 0 aromatic heterocycles. The van der Waals surface area contributed by atoms with E-state index in [1.165, 1.54) is 17.5 Å². The van der Waals surface area contributed by atoms with Gasteiger partial charge in [-0.1, -0.05) is 42.0 Å². The van der Waals surface area contributed by atoms with E-state index >= 15 is 0 Å². The highest BCUT2D eigenvalue weighted by molar-refractivity contribution is 5.79. The maximum Gasteiger partial charge on any atom is 0.227 e. The van der Waals surface area contributed by atoms with Gasteiger partial charge in [0.15, 0.2) is 0 Å². The first kappa shape index (κ1) is 21.4. The number of carbonyl (C=O) groups is 1. The van der Waals surface area contributed by atoms with Crippen molar-refractivity contribution in [2.45, 2.75) is 58.7 Å². The third kappa shape index (κ3) is 6.33. The van der Waals surface area contributed by atoms with Gasteiger partial charge < -0.3 is 14.5 Å². The minimum atomic E-state index is 0.149. The molecule has 0 bridgehead atoms. The molecule has 156 valence electrons. The summed E-state index contributed by atoms with van der Waals surface area (Å²) >= 11 is 0. The molecule has 0 unspecified atom stereocenters. The first-order chi connectivity index (χ1) is 13.9. The normalized spacial score (nSPS) is 16.9. The van der Waals surface area contributed by atoms with Crippen molar-refractivity contribution in [1.29, 1.82) is 0 Å². The number of amides is 1. The molecular weight excluding hydrogens is 360 g/mol. The van der Waals surface area contributed by atoms with Gasteiger partial charge in [0.1, 0.15) is 5.75 Å². The summed E-state index contributed by atoms with van der Waals surface area (Å²) in [6.45, 7) is 8.69. The standard InChI is InChI=1S/C25H34N2O2/c1-19(2)29-24-13-11-21(12-14-24)16-25(28)27(18-23-6-5-15-26(23)4)17-22-9-7-20(3)8-10-22/h7-14,19,23H,5-6,15-18H2,1-4H3/t23-/m1/s1. The van der Waals surface area contributed by atoms with Gasteiger partial charge in [-0.3, -0.25) is 4.79 Å². The zero-order chi connectivity index (χ0) is 20.8. The second-order valence-corrected chi connectivity index (χ2v) is 8.52. The van der Waals surface area contributed by atoms with E-state index in [1.54, 1.807) is 0 Å². The van der Waals surface area contributed by atoms with Crippen molar-refractivity contribution >= 4 is 5.91 Å². The van der Waals surface area contributed by atoms with Crippen LogP contribution in [0.15, 0.2) is 48.5 Å². The number of carbonyl (C=O) groups excluding carboxylic acids is 1. The summed E-state index contributed by atoms with van der Waals surface area (Å²) in [4.78, 5) is 17.6. The summed E-state index contributed by atoms with van der Waals surface area (Å²) in [7, 11) is 2.17. The van der Waals surface area contributed by atoms with Crippen molar-refractivity contribution in [3.8, 4) is 5.75 Å². The number of ether oxygens (including phenoxy) is 1. The highest BCUT2D eigenvalue weighted by Gasteiger charge is 2.25. The number of likely N-dealkylation sites (N-methyl/N-ethyl adjacent to an activating group) is 1. The van der Waals surface area contributed by atoms with Gasteiger partial charge in [0.2, 0.25) is 5.91 Å². The van der Waals surface area contributed by atoms with Crippen molar-refractivity contribution in [2.24, 2.45) is 0 Å². The number of hydrogen-bond acceptors (Lipinski definition) is 3. The molecule has 1 amide bonds. The molecule has 1 aliphatic heterocycles. The minimum absolute atomic E-state index is 0.149. The van der Waals surface area contributed by atoms with Crippen molar-refractivity contribution in [3.05, 3.63) is 65.2 Å². The number of nitrogens with zero attached hydrogens (tertiary/aromatic N) is 2. The number of likely N-dealkylation sites (tertiary alicyclic amines) is 1. The summed E-state index contributed by atoms with van der Waals surface area (Å²) in [5, 5.41) is 0. The minimum Gasteiger partial charge on any atom is -0.491 e. The predicted molar refractivity (Wildman–Crippen MR) is 118 cm³/mol. The van der Waals surface area contributed by atoms with Crippen LogP contribution in [-0.2, 0) is 17.8 Å². The van der Waals surface area contributed by atoms with E-state index in [-0.39, 0.29) is 12.0 Å². The van der Waals surface area contributed by atoms with Crippen LogP contribution in [0.25, 0.3) is 0 Å². The summed E-state index contributed by atoms with van der Waals surface area (Å²) < 4.78 is 5.71. The van der Waals surface area contributed by atoms with Crippen LogP contribution in [-0.4, -0.2) is 48.0 Å². The van der Waals surface area contributed by atoms with E-state index in [1.807, 2.05) is 43.0 Å². The van der Waals surface area contributed by atoms with Crippen LogP contribution in [0.5, 0.6) is 5.75 Å². The van der Waals surface area contributed by atoms with Gasteiger partial charge in [0, 0.05) is 19.1 Å². The largest absolute Gasteiger partial charge is 0.491 e. The summed E-state index contributed by atoms with van der Waals surface area (Å²) in [6, 6.07) is 16.9. The lowest BCUT2D eigenvalue weighted by molar-refractivity contribution is -0.131. The van der Waals surface area contributed by atoms with E-state index in [2.05, 4.69) is 43.1 Å². The van der Waals surface area contributed by atoms with Gasteiger partial charge in [-0.25, -0.2) is 0 Å². The molecule has 1 heterocycles. The van der Waals surface area contributed by atoms with Crippen LogP contribution >= 0.6 is 0 Å². The molecule has 2 aromatic carbocycles. The van der Waals surface area contributed by atoms with Crippen LogP contribution in [0.1, 0.15) is 43.4 Å². The topological polar surface area (TPSA) is 32.8 Å². The Kier molecular flexibility index (Phi) is 7.32. The van der Waals surface area contributed by atoms with Crippen molar-refractivity contribution in [3.63, 3.8) is 0 Å². The van der Waals surface area contributed by atoms with Crippen LogP contribution in [0.3, 0.4) is 0 Å². The molecule has 0 N–H and O–H groups in total. The zero-order valence-electron chi connectivity index (χ0n) is 18.2. The Balaban J connectivity index is 1.69. The number of hydrogen-bond donors (Lipinski definition) is 0. The lowest BCUT2D eigenvalue weighted by Crippen LogP contribution is -2.42. The van der Waals surface area contributed by atoms with Crippen molar-refractivity contribution < 1.29 is 9.53 Å². The zero-order valence-corrected chi connectivity index (χ0v) is 18.2. The molecule has 4 nitrogen and oxygen atoms in total. The van der Waals surface area contributed by atoms with Crippen LogP contribution < -0.4 is 4.74 Å². The Bertz CT molecular complexity index is 783. The van der Waals surface area contributed by atoms with Crippen molar-refractivity contribution in [1.82, 2.24) is 9.80 Å². The molecule has 1 atom stereocenters. The molecule has 1 aliphatic rings. The average Bonchev–Trinajstić information content (AvgIpc) is 3.08. The Labute approximate surface area is 175 Å². The third-order valence-corrected chi connectivity index (χ3v) is 5.60. The van der Waals surface area contributed by atoms with E-state index in [0.717, 1.165) is 30.8 Å². The molecule has 0 spiro atoms. The van der Waals surface area contributed by atoms with Gasteiger partial charge in [-0.2, -0.15) is 0 Å². The SMILES string of the molecule is Cc1ccc(CN(C[C@H]2CCCN2C)C(=O)Cc2ccc(OC(C)C)cc2)cc1. The molecule has 1 saturated heterocycles. The number of benzene rings is 2. The Morgan fingerprint density at radius 1 is 1.10 bits per heavy atom. The highest BCUT2D eigenvalue weighted by atomic mass is 16.5. The number of aryl methyl sites for hydroxylation is 1. The average molecular weight is 395 g/mol. The first-order valence-electron chi connectivity index (χ1n) is 10.7. The molecule has 0 aliphatic carbocycles. The summed E-state index contributed by atoms with van der Waals surface area (Å²) in [6.07, 6.45) is 2.95. The third-order valence-electron chi connectivity index (χ3n) is 5.60. The smallest absolute Gasteiger partial charge is 0.227 e. The highest BCUT2D eigenvalue weighted by Crippen LogP contribution is 2.19. The Morgan fingerprint density at radius 3 is 2.34 bits per heavy atom. The van der Waals surface area contributed by atoms with Crippen LogP contribution in [0, 0.1) is 6.92 Å². The summed E-state index contributed by atoms with van der Waals surface area (Å²) in [5.74, 6) is 1.03. The molecule has 4 heteroatoms. The van der Waals surface area contributed by atoms with Gasteiger partial charge in [-0.05, 0) is 70.5 Å².